The number of fused-ring (bicyclic) bond motifs is 2. The molecule has 27 heavy (non-hydrogen) atoms. The quantitative estimate of drug-likeness (QED) is 0.553. The Morgan fingerprint density at radius 3 is 2.81 bits per heavy atom. The number of imidazole rings is 1. The second-order valence-electron chi connectivity index (χ2n) is 6.81. The number of hydrogen-bond acceptors (Lipinski definition) is 5. The van der Waals surface area contributed by atoms with Gasteiger partial charge in [-0.1, -0.05) is 0 Å². The molecule has 9 heteroatoms. The monoisotopic (exact) mass is 370 g/mol. The van der Waals surface area contributed by atoms with Crippen LogP contribution in [0.2, 0.25) is 0 Å². The molecule has 1 aliphatic carbocycles. The van der Waals surface area contributed by atoms with E-state index in [0.717, 1.165) is 22.2 Å². The Hall–Kier alpha value is -3.10. The smallest absolute Gasteiger partial charge is 0.252 e. The SMILES string of the molecule is COc1ncnn2ccc(-c3cnc4nc(C)n(C5CC(F)(F)C5)c4c3)c12. The van der Waals surface area contributed by atoms with Crippen molar-refractivity contribution < 1.29 is 13.5 Å². The van der Waals surface area contributed by atoms with Crippen LogP contribution >= 0.6 is 0 Å². The van der Waals surface area contributed by atoms with Crippen molar-refractivity contribution in [2.75, 3.05) is 7.11 Å². The minimum absolute atomic E-state index is 0.166. The van der Waals surface area contributed by atoms with Gasteiger partial charge < -0.3 is 9.30 Å². The van der Waals surface area contributed by atoms with Crippen LogP contribution in [0.5, 0.6) is 5.88 Å². The standard InChI is InChI=1S/C18H16F2N6O/c1-10-24-16-14(26(10)12-6-18(19,20)7-12)5-11(8-21-16)13-3-4-25-15(13)17(27-2)22-9-23-25/h3-5,8-9,12H,6-7H2,1-2H3. The number of aryl methyl sites for hydroxylation is 1. The first-order valence-electron chi connectivity index (χ1n) is 8.56. The zero-order chi connectivity index (χ0) is 18.8. The fourth-order valence-electron chi connectivity index (χ4n) is 3.82. The predicted molar refractivity (Wildman–Crippen MR) is 94.0 cm³/mol. The van der Waals surface area contributed by atoms with Crippen molar-refractivity contribution in [1.29, 1.82) is 0 Å². The van der Waals surface area contributed by atoms with Gasteiger partial charge in [-0.2, -0.15) is 10.1 Å². The molecule has 0 aliphatic heterocycles. The van der Waals surface area contributed by atoms with E-state index in [9.17, 15) is 8.78 Å². The van der Waals surface area contributed by atoms with Gasteiger partial charge in [0.25, 0.3) is 5.92 Å². The molecule has 0 amide bonds. The summed E-state index contributed by atoms with van der Waals surface area (Å²) in [5, 5.41) is 4.19. The number of rotatable bonds is 3. The molecule has 0 radical (unpaired) electrons. The van der Waals surface area contributed by atoms with Crippen LogP contribution in [0.25, 0.3) is 27.8 Å². The summed E-state index contributed by atoms with van der Waals surface area (Å²) in [5.74, 6) is -1.45. The number of alkyl halides is 2. The Kier molecular flexibility index (Phi) is 3.25. The highest BCUT2D eigenvalue weighted by Gasteiger charge is 2.47. The van der Waals surface area contributed by atoms with Crippen LogP contribution < -0.4 is 4.74 Å². The summed E-state index contributed by atoms with van der Waals surface area (Å²) in [6.45, 7) is 1.82. The van der Waals surface area contributed by atoms with E-state index >= 15 is 0 Å². The van der Waals surface area contributed by atoms with E-state index in [1.54, 1.807) is 17.8 Å². The molecular weight excluding hydrogens is 354 g/mol. The molecule has 0 saturated heterocycles. The van der Waals surface area contributed by atoms with Crippen molar-refractivity contribution in [3.63, 3.8) is 0 Å². The Balaban J connectivity index is 1.68. The Labute approximate surface area is 152 Å². The zero-order valence-corrected chi connectivity index (χ0v) is 14.7. The van der Waals surface area contributed by atoms with Gasteiger partial charge in [0.2, 0.25) is 5.88 Å². The number of nitrogens with zero attached hydrogens (tertiary/aromatic N) is 6. The Bertz CT molecular complexity index is 1170. The maximum absolute atomic E-state index is 13.4. The second-order valence-corrected chi connectivity index (χ2v) is 6.81. The highest BCUT2D eigenvalue weighted by molar-refractivity contribution is 5.87. The topological polar surface area (TPSA) is 70.1 Å². The lowest BCUT2D eigenvalue weighted by Crippen LogP contribution is -2.37. The molecule has 138 valence electrons. The normalized spacial score (nSPS) is 16.7. The van der Waals surface area contributed by atoms with Gasteiger partial charge in [0.15, 0.2) is 5.65 Å². The van der Waals surface area contributed by atoms with Crippen LogP contribution in [-0.2, 0) is 0 Å². The number of ether oxygens (including phenoxy) is 1. The van der Waals surface area contributed by atoms with Crippen molar-refractivity contribution in [2.45, 2.75) is 31.7 Å². The Morgan fingerprint density at radius 2 is 2.07 bits per heavy atom. The van der Waals surface area contributed by atoms with Crippen LogP contribution in [-0.4, -0.2) is 42.2 Å². The molecule has 4 aromatic rings. The summed E-state index contributed by atoms with van der Waals surface area (Å²) >= 11 is 0. The van der Waals surface area contributed by atoms with Gasteiger partial charge in [-0.25, -0.2) is 23.3 Å². The van der Waals surface area contributed by atoms with Crippen LogP contribution in [0, 0.1) is 6.92 Å². The van der Waals surface area contributed by atoms with Crippen molar-refractivity contribution in [2.24, 2.45) is 0 Å². The summed E-state index contributed by atoms with van der Waals surface area (Å²) in [7, 11) is 1.55. The van der Waals surface area contributed by atoms with E-state index in [1.165, 1.54) is 6.33 Å². The van der Waals surface area contributed by atoms with E-state index in [1.807, 2.05) is 29.8 Å². The van der Waals surface area contributed by atoms with Gasteiger partial charge in [-0.15, -0.1) is 0 Å². The van der Waals surface area contributed by atoms with Gasteiger partial charge >= 0.3 is 0 Å². The molecule has 0 bridgehead atoms. The lowest BCUT2D eigenvalue weighted by molar-refractivity contribution is -0.103. The number of hydrogen-bond donors (Lipinski definition) is 0. The molecule has 1 fully saturated rings. The van der Waals surface area contributed by atoms with Crippen molar-refractivity contribution in [3.8, 4) is 17.0 Å². The molecule has 4 aromatic heterocycles. The van der Waals surface area contributed by atoms with Gasteiger partial charge in [-0.3, -0.25) is 0 Å². The fraction of sp³-hybridized carbons (Fsp3) is 0.333. The maximum atomic E-state index is 13.4. The van der Waals surface area contributed by atoms with Crippen LogP contribution in [0.1, 0.15) is 24.7 Å². The van der Waals surface area contributed by atoms with Crippen molar-refractivity contribution >= 4 is 16.7 Å². The first-order valence-corrected chi connectivity index (χ1v) is 8.56. The first kappa shape index (κ1) is 16.1. The maximum Gasteiger partial charge on any atom is 0.252 e. The lowest BCUT2D eigenvalue weighted by Gasteiger charge is -2.36. The molecule has 4 heterocycles. The highest BCUT2D eigenvalue weighted by Crippen LogP contribution is 2.47. The highest BCUT2D eigenvalue weighted by atomic mass is 19.3. The Morgan fingerprint density at radius 1 is 1.26 bits per heavy atom. The van der Waals surface area contributed by atoms with Crippen LogP contribution in [0.15, 0.2) is 30.9 Å². The minimum Gasteiger partial charge on any atom is -0.479 e. The number of halogens is 2. The lowest BCUT2D eigenvalue weighted by atomic mass is 9.87. The van der Waals surface area contributed by atoms with E-state index in [-0.39, 0.29) is 18.9 Å². The van der Waals surface area contributed by atoms with E-state index in [4.69, 9.17) is 4.74 Å². The summed E-state index contributed by atoms with van der Waals surface area (Å²) in [5.41, 5.74) is 3.70. The van der Waals surface area contributed by atoms with Gasteiger partial charge in [0, 0.05) is 42.4 Å². The van der Waals surface area contributed by atoms with E-state index in [2.05, 4.69) is 20.1 Å². The van der Waals surface area contributed by atoms with E-state index < -0.39 is 5.92 Å². The number of aromatic nitrogens is 6. The average molecular weight is 370 g/mol. The fourth-order valence-corrected chi connectivity index (χ4v) is 3.82. The first-order chi connectivity index (χ1) is 13.0. The van der Waals surface area contributed by atoms with Crippen molar-refractivity contribution in [1.82, 2.24) is 29.1 Å². The molecule has 0 unspecified atom stereocenters. The number of pyridine rings is 1. The van der Waals surface area contributed by atoms with Gasteiger partial charge in [0.1, 0.15) is 17.7 Å². The minimum atomic E-state index is -2.60. The molecule has 7 nitrogen and oxygen atoms in total. The molecule has 1 saturated carbocycles. The predicted octanol–water partition coefficient (Wildman–Crippen LogP) is 3.43. The second kappa shape index (κ2) is 5.45. The molecule has 1 aliphatic rings. The molecule has 0 N–H and O–H groups in total. The van der Waals surface area contributed by atoms with Gasteiger partial charge in [-0.05, 0) is 19.1 Å². The van der Waals surface area contributed by atoms with Crippen LogP contribution in [0.4, 0.5) is 8.78 Å². The molecule has 0 atom stereocenters. The average Bonchev–Trinajstić information content (AvgIpc) is 3.19. The summed E-state index contributed by atoms with van der Waals surface area (Å²) < 4.78 is 35.7. The van der Waals surface area contributed by atoms with Crippen molar-refractivity contribution in [3.05, 3.63) is 36.7 Å². The molecule has 0 spiro atoms. The summed E-state index contributed by atoms with van der Waals surface area (Å²) in [6.07, 6.45) is 4.62. The number of methoxy groups -OCH3 is 1. The van der Waals surface area contributed by atoms with Gasteiger partial charge in [0.05, 0.1) is 12.6 Å². The largest absolute Gasteiger partial charge is 0.479 e. The summed E-state index contributed by atoms with van der Waals surface area (Å²) in [4.78, 5) is 13.0. The summed E-state index contributed by atoms with van der Waals surface area (Å²) in [6, 6.07) is 3.58. The third-order valence-electron chi connectivity index (χ3n) is 5.08. The third-order valence-corrected chi connectivity index (χ3v) is 5.08. The third kappa shape index (κ3) is 2.37. The molecular formula is C18H16F2N6O. The zero-order valence-electron chi connectivity index (χ0n) is 14.7. The van der Waals surface area contributed by atoms with Crippen LogP contribution in [0.3, 0.4) is 0 Å². The molecule has 0 aromatic carbocycles. The molecule has 5 rings (SSSR count). The van der Waals surface area contributed by atoms with E-state index in [0.29, 0.717) is 17.4 Å².